The third-order valence-corrected chi connectivity index (χ3v) is 2.62. The van der Waals surface area contributed by atoms with Crippen LogP contribution in [-0.4, -0.2) is 30.1 Å². The summed E-state index contributed by atoms with van der Waals surface area (Å²) in [5, 5.41) is 14.3. The summed E-state index contributed by atoms with van der Waals surface area (Å²) >= 11 is 0. The van der Waals surface area contributed by atoms with E-state index in [-0.39, 0.29) is 23.1 Å². The van der Waals surface area contributed by atoms with Crippen molar-refractivity contribution in [2.75, 3.05) is 18.4 Å². The van der Waals surface area contributed by atoms with Crippen LogP contribution in [0.3, 0.4) is 0 Å². The van der Waals surface area contributed by atoms with Gasteiger partial charge in [-0.3, -0.25) is 4.79 Å². The molecule has 0 bridgehead atoms. The average Bonchev–Trinajstić information content (AvgIpc) is 2.13. The lowest BCUT2D eigenvalue weighted by Gasteiger charge is -2.26. The van der Waals surface area contributed by atoms with Crippen molar-refractivity contribution in [2.24, 2.45) is 5.92 Å². The van der Waals surface area contributed by atoms with Crippen molar-refractivity contribution in [1.82, 2.24) is 5.32 Å². The molecule has 1 saturated heterocycles. The molecular formula is C11H11FN2O3. The van der Waals surface area contributed by atoms with Gasteiger partial charge in [-0.15, -0.1) is 0 Å². The summed E-state index contributed by atoms with van der Waals surface area (Å²) in [5.41, 5.74) is -0.124. The predicted octanol–water partition coefficient (Wildman–Crippen LogP) is 0.682. The molecule has 17 heavy (non-hydrogen) atoms. The number of aromatic carboxylic acids is 1. The molecule has 5 nitrogen and oxygen atoms in total. The van der Waals surface area contributed by atoms with Crippen LogP contribution in [-0.2, 0) is 4.79 Å². The Morgan fingerprint density at radius 3 is 2.65 bits per heavy atom. The first-order valence-electron chi connectivity index (χ1n) is 5.12. The first-order chi connectivity index (χ1) is 8.08. The van der Waals surface area contributed by atoms with Crippen molar-refractivity contribution in [1.29, 1.82) is 0 Å². The summed E-state index contributed by atoms with van der Waals surface area (Å²) in [4.78, 5) is 22.5. The number of hydrogen-bond donors (Lipinski definition) is 3. The molecule has 1 aromatic rings. The Balaban J connectivity index is 2.20. The van der Waals surface area contributed by atoms with E-state index in [4.69, 9.17) is 5.11 Å². The summed E-state index contributed by atoms with van der Waals surface area (Å²) in [6.07, 6.45) is 0. The van der Waals surface area contributed by atoms with E-state index < -0.39 is 11.8 Å². The minimum Gasteiger partial charge on any atom is -0.478 e. The zero-order valence-electron chi connectivity index (χ0n) is 8.87. The maximum atomic E-state index is 13.0. The highest BCUT2D eigenvalue weighted by atomic mass is 19.1. The molecule has 90 valence electrons. The number of carbonyl (C=O) groups is 2. The largest absolute Gasteiger partial charge is 0.478 e. The van der Waals surface area contributed by atoms with Gasteiger partial charge in [0.2, 0.25) is 5.91 Å². The maximum absolute atomic E-state index is 13.0. The molecule has 1 aliphatic heterocycles. The number of carboxylic acid groups (broad SMARTS) is 1. The van der Waals surface area contributed by atoms with Crippen molar-refractivity contribution < 1.29 is 19.1 Å². The standard InChI is InChI=1S/C11H11FN2O3/c12-7-1-2-8(11(16)17)9(3-7)14-10(15)6-4-13-5-6/h1-3,6,13H,4-5H2,(H,14,15)(H,16,17). The highest BCUT2D eigenvalue weighted by Gasteiger charge is 2.26. The Morgan fingerprint density at radius 1 is 1.41 bits per heavy atom. The monoisotopic (exact) mass is 238 g/mol. The van der Waals surface area contributed by atoms with Crippen molar-refractivity contribution in [3.05, 3.63) is 29.6 Å². The fraction of sp³-hybridized carbons (Fsp3) is 0.273. The van der Waals surface area contributed by atoms with Gasteiger partial charge in [-0.2, -0.15) is 0 Å². The Labute approximate surface area is 96.6 Å². The third kappa shape index (κ3) is 2.42. The molecule has 3 N–H and O–H groups in total. The number of hydrogen-bond acceptors (Lipinski definition) is 3. The number of carbonyl (C=O) groups excluding carboxylic acids is 1. The quantitative estimate of drug-likeness (QED) is 0.723. The minimum absolute atomic E-state index is 0.00519. The zero-order valence-corrected chi connectivity index (χ0v) is 8.87. The number of benzene rings is 1. The first kappa shape index (κ1) is 11.5. The number of rotatable bonds is 3. The lowest BCUT2D eigenvalue weighted by Crippen LogP contribution is -2.48. The van der Waals surface area contributed by atoms with Gasteiger partial charge in [-0.25, -0.2) is 9.18 Å². The van der Waals surface area contributed by atoms with Crippen LogP contribution in [0.1, 0.15) is 10.4 Å². The Morgan fingerprint density at radius 2 is 2.12 bits per heavy atom. The fourth-order valence-electron chi connectivity index (χ4n) is 1.52. The zero-order chi connectivity index (χ0) is 12.4. The van der Waals surface area contributed by atoms with Crippen LogP contribution in [0.4, 0.5) is 10.1 Å². The van der Waals surface area contributed by atoms with Gasteiger partial charge in [0.05, 0.1) is 17.2 Å². The summed E-state index contributed by atoms with van der Waals surface area (Å²) < 4.78 is 13.0. The number of anilines is 1. The molecule has 0 atom stereocenters. The van der Waals surface area contributed by atoms with Gasteiger partial charge in [0.15, 0.2) is 0 Å². The number of halogens is 1. The molecule has 0 aliphatic carbocycles. The number of nitrogens with one attached hydrogen (secondary N) is 2. The van der Waals surface area contributed by atoms with Gasteiger partial charge in [0.25, 0.3) is 0 Å². The van der Waals surface area contributed by atoms with Crippen LogP contribution >= 0.6 is 0 Å². The van der Waals surface area contributed by atoms with E-state index in [1.54, 1.807) is 0 Å². The van der Waals surface area contributed by atoms with E-state index >= 15 is 0 Å². The topological polar surface area (TPSA) is 78.4 Å². The van der Waals surface area contributed by atoms with Crippen LogP contribution in [0, 0.1) is 11.7 Å². The highest BCUT2D eigenvalue weighted by Crippen LogP contribution is 2.18. The first-order valence-corrected chi connectivity index (χ1v) is 5.12. The normalized spacial score (nSPS) is 15.1. The molecule has 0 aromatic heterocycles. The molecule has 1 aromatic carbocycles. The molecule has 1 amide bonds. The van der Waals surface area contributed by atoms with E-state index in [1.165, 1.54) is 0 Å². The second-order valence-electron chi connectivity index (χ2n) is 3.84. The summed E-state index contributed by atoms with van der Waals surface area (Å²) in [6, 6.07) is 3.18. The fourth-order valence-corrected chi connectivity index (χ4v) is 1.52. The van der Waals surface area contributed by atoms with Gasteiger partial charge >= 0.3 is 5.97 Å². The Hall–Kier alpha value is -1.95. The molecule has 6 heteroatoms. The molecule has 1 aliphatic rings. The van der Waals surface area contributed by atoms with Crippen molar-refractivity contribution in [3.63, 3.8) is 0 Å². The molecule has 2 rings (SSSR count). The molecule has 0 spiro atoms. The van der Waals surface area contributed by atoms with E-state index in [0.29, 0.717) is 13.1 Å². The van der Waals surface area contributed by atoms with Gasteiger partial charge < -0.3 is 15.7 Å². The lowest BCUT2D eigenvalue weighted by atomic mass is 10.0. The summed E-state index contributed by atoms with van der Waals surface area (Å²) in [7, 11) is 0. The second kappa shape index (κ2) is 4.50. The van der Waals surface area contributed by atoms with Crippen LogP contribution in [0.2, 0.25) is 0 Å². The van der Waals surface area contributed by atoms with Gasteiger partial charge in [0.1, 0.15) is 5.82 Å². The molecule has 0 unspecified atom stereocenters. The van der Waals surface area contributed by atoms with E-state index in [1.807, 2.05) is 0 Å². The number of amides is 1. The van der Waals surface area contributed by atoms with Crippen LogP contribution in [0.5, 0.6) is 0 Å². The van der Waals surface area contributed by atoms with E-state index in [9.17, 15) is 14.0 Å². The minimum atomic E-state index is -1.20. The lowest BCUT2D eigenvalue weighted by molar-refractivity contribution is -0.121. The van der Waals surface area contributed by atoms with E-state index in [0.717, 1.165) is 18.2 Å². The second-order valence-corrected chi connectivity index (χ2v) is 3.84. The van der Waals surface area contributed by atoms with Crippen molar-refractivity contribution in [2.45, 2.75) is 0 Å². The Kier molecular flexibility index (Phi) is 3.06. The molecule has 1 fully saturated rings. The average molecular weight is 238 g/mol. The predicted molar refractivity (Wildman–Crippen MR) is 58.3 cm³/mol. The van der Waals surface area contributed by atoms with Gasteiger partial charge in [0, 0.05) is 13.1 Å². The molecule has 1 heterocycles. The molecule has 0 radical (unpaired) electrons. The summed E-state index contributed by atoms with van der Waals surface area (Å²) in [5.74, 6) is -2.26. The highest BCUT2D eigenvalue weighted by molar-refractivity contribution is 6.01. The van der Waals surface area contributed by atoms with Crippen LogP contribution < -0.4 is 10.6 Å². The van der Waals surface area contributed by atoms with Crippen molar-refractivity contribution in [3.8, 4) is 0 Å². The van der Waals surface area contributed by atoms with Crippen molar-refractivity contribution >= 4 is 17.6 Å². The third-order valence-electron chi connectivity index (χ3n) is 2.62. The maximum Gasteiger partial charge on any atom is 0.337 e. The van der Waals surface area contributed by atoms with Crippen LogP contribution in [0.15, 0.2) is 18.2 Å². The smallest absolute Gasteiger partial charge is 0.337 e. The van der Waals surface area contributed by atoms with E-state index in [2.05, 4.69) is 10.6 Å². The van der Waals surface area contributed by atoms with Crippen LogP contribution in [0.25, 0.3) is 0 Å². The van der Waals surface area contributed by atoms with Gasteiger partial charge in [-0.05, 0) is 18.2 Å². The SMILES string of the molecule is O=C(O)c1ccc(F)cc1NC(=O)C1CNC1. The number of carboxylic acids is 1. The summed E-state index contributed by atoms with van der Waals surface area (Å²) in [6.45, 7) is 1.12. The Bertz CT molecular complexity index is 472. The van der Waals surface area contributed by atoms with Gasteiger partial charge in [-0.1, -0.05) is 0 Å². The molecule has 0 saturated carbocycles. The molecular weight excluding hydrogens is 227 g/mol.